The number of phenols is 2. The standard InChI is InChI=1S/C23H32O4/c1-14-7-6-8-20-22(14,4)12-11-15(2)23(20,5)13-17-18(25)9-10-19(26)21(17)27-16(3)24/h7,9-10,15,20,25-26H,6,8,11-13H2,1-5H3/t15-,20?,22+,23+/m0/s1. The molecule has 1 unspecified atom stereocenters. The molecule has 3 rings (SSSR count). The molecular formula is C23H32O4. The van der Waals surface area contributed by atoms with Crippen molar-refractivity contribution < 1.29 is 19.7 Å². The number of hydrogen-bond acceptors (Lipinski definition) is 4. The zero-order valence-electron chi connectivity index (χ0n) is 17.1. The first kappa shape index (κ1) is 19.8. The van der Waals surface area contributed by atoms with Gasteiger partial charge in [-0.25, -0.2) is 0 Å². The summed E-state index contributed by atoms with van der Waals surface area (Å²) < 4.78 is 5.30. The van der Waals surface area contributed by atoms with E-state index in [1.165, 1.54) is 31.1 Å². The molecule has 0 spiro atoms. The molecule has 1 aromatic rings. The Morgan fingerprint density at radius 2 is 1.89 bits per heavy atom. The van der Waals surface area contributed by atoms with E-state index >= 15 is 0 Å². The number of carbonyl (C=O) groups excluding carboxylic acids is 1. The van der Waals surface area contributed by atoms with Crippen molar-refractivity contribution in [3.05, 3.63) is 29.3 Å². The van der Waals surface area contributed by atoms with Crippen LogP contribution in [0.4, 0.5) is 0 Å². The minimum absolute atomic E-state index is 0.0668. The van der Waals surface area contributed by atoms with Crippen molar-refractivity contribution in [1.82, 2.24) is 0 Å². The normalized spacial score (nSPS) is 33.1. The number of fused-ring (bicyclic) bond motifs is 1. The molecule has 0 amide bonds. The minimum atomic E-state index is -0.500. The van der Waals surface area contributed by atoms with Gasteiger partial charge in [-0.05, 0) is 73.8 Å². The molecule has 0 bridgehead atoms. The van der Waals surface area contributed by atoms with E-state index in [1.807, 2.05) is 0 Å². The maximum Gasteiger partial charge on any atom is 0.308 e. The minimum Gasteiger partial charge on any atom is -0.508 e. The van der Waals surface area contributed by atoms with Crippen LogP contribution < -0.4 is 4.74 Å². The van der Waals surface area contributed by atoms with Crippen LogP contribution in [0.25, 0.3) is 0 Å². The largest absolute Gasteiger partial charge is 0.508 e. The average molecular weight is 373 g/mol. The van der Waals surface area contributed by atoms with Crippen LogP contribution in [0, 0.1) is 22.7 Å². The lowest BCUT2D eigenvalue weighted by Crippen LogP contribution is -2.50. The van der Waals surface area contributed by atoms with Crippen LogP contribution in [0.1, 0.15) is 65.9 Å². The lowest BCUT2D eigenvalue weighted by Gasteiger charge is -2.58. The number of allylic oxidation sites excluding steroid dienone is 2. The zero-order chi connectivity index (χ0) is 20.0. The van der Waals surface area contributed by atoms with Crippen LogP contribution in [0.3, 0.4) is 0 Å². The molecule has 4 nitrogen and oxygen atoms in total. The van der Waals surface area contributed by atoms with Gasteiger partial charge in [-0.2, -0.15) is 0 Å². The molecule has 0 aromatic heterocycles. The van der Waals surface area contributed by atoms with Gasteiger partial charge in [-0.3, -0.25) is 4.79 Å². The third-order valence-electron chi connectivity index (χ3n) is 7.61. The van der Waals surface area contributed by atoms with Gasteiger partial charge in [0.1, 0.15) is 5.75 Å². The van der Waals surface area contributed by atoms with Crippen molar-refractivity contribution in [2.75, 3.05) is 0 Å². The number of aromatic hydroxyl groups is 2. The van der Waals surface area contributed by atoms with E-state index in [-0.39, 0.29) is 28.1 Å². The first-order valence-corrected chi connectivity index (χ1v) is 9.99. The highest BCUT2D eigenvalue weighted by molar-refractivity contribution is 5.72. The highest BCUT2D eigenvalue weighted by Crippen LogP contribution is 2.62. The SMILES string of the molecule is CC(=O)Oc1c(O)ccc(O)c1C[C@@]1(C)C2CCC=C(C)[C@@]2(C)CC[C@@H]1C. The van der Waals surface area contributed by atoms with Crippen LogP contribution in [0.15, 0.2) is 23.8 Å². The third kappa shape index (κ3) is 3.24. The number of esters is 1. The van der Waals surface area contributed by atoms with Crippen molar-refractivity contribution in [1.29, 1.82) is 0 Å². The van der Waals surface area contributed by atoms with E-state index in [0.717, 1.165) is 19.3 Å². The van der Waals surface area contributed by atoms with Gasteiger partial charge in [0, 0.05) is 12.5 Å². The topological polar surface area (TPSA) is 66.8 Å². The summed E-state index contributed by atoms with van der Waals surface area (Å²) in [6.45, 7) is 10.5. The second kappa shape index (κ2) is 6.88. The molecule has 2 aliphatic rings. The molecule has 148 valence electrons. The molecule has 27 heavy (non-hydrogen) atoms. The Balaban J connectivity index is 2.07. The average Bonchev–Trinajstić information content (AvgIpc) is 2.60. The summed E-state index contributed by atoms with van der Waals surface area (Å²) in [6.07, 6.45) is 7.46. The summed E-state index contributed by atoms with van der Waals surface area (Å²) in [5.74, 6) is 0.519. The quantitative estimate of drug-likeness (QED) is 0.324. The van der Waals surface area contributed by atoms with Gasteiger partial charge in [0.05, 0.1) is 0 Å². The van der Waals surface area contributed by atoms with Gasteiger partial charge in [0.25, 0.3) is 0 Å². The predicted molar refractivity (Wildman–Crippen MR) is 106 cm³/mol. The molecule has 1 aromatic carbocycles. The predicted octanol–water partition coefficient (Wildman–Crippen LogP) is 5.36. The van der Waals surface area contributed by atoms with Crippen LogP contribution >= 0.6 is 0 Å². The Hall–Kier alpha value is -1.97. The van der Waals surface area contributed by atoms with E-state index in [4.69, 9.17) is 4.74 Å². The van der Waals surface area contributed by atoms with E-state index in [1.54, 1.807) is 0 Å². The van der Waals surface area contributed by atoms with Crippen LogP contribution in [0.2, 0.25) is 0 Å². The Bertz CT molecular complexity index is 781. The third-order valence-corrected chi connectivity index (χ3v) is 7.61. The second-order valence-corrected chi connectivity index (χ2v) is 9.06. The molecule has 1 saturated carbocycles. The Morgan fingerprint density at radius 3 is 2.56 bits per heavy atom. The summed E-state index contributed by atoms with van der Waals surface area (Å²) in [5, 5.41) is 20.8. The molecule has 0 aliphatic heterocycles. The van der Waals surface area contributed by atoms with Gasteiger partial charge in [0.15, 0.2) is 11.5 Å². The first-order valence-electron chi connectivity index (χ1n) is 9.99. The monoisotopic (exact) mass is 372 g/mol. The number of ether oxygens (including phenoxy) is 1. The maximum absolute atomic E-state index is 11.6. The Kier molecular flexibility index (Phi) is 5.04. The Labute approximate surface area is 162 Å². The second-order valence-electron chi connectivity index (χ2n) is 9.06. The molecule has 4 heteroatoms. The van der Waals surface area contributed by atoms with E-state index in [2.05, 4.69) is 33.8 Å². The van der Waals surface area contributed by atoms with Gasteiger partial charge >= 0.3 is 5.97 Å². The highest BCUT2D eigenvalue weighted by Gasteiger charge is 2.53. The fraction of sp³-hybridized carbons (Fsp3) is 0.609. The Morgan fingerprint density at radius 1 is 1.22 bits per heavy atom. The van der Waals surface area contributed by atoms with E-state index in [9.17, 15) is 15.0 Å². The fourth-order valence-electron chi connectivity index (χ4n) is 5.62. The van der Waals surface area contributed by atoms with E-state index < -0.39 is 5.97 Å². The molecule has 0 heterocycles. The van der Waals surface area contributed by atoms with Gasteiger partial charge in [-0.1, -0.05) is 32.4 Å². The van der Waals surface area contributed by atoms with Gasteiger partial charge < -0.3 is 14.9 Å². The summed E-state index contributed by atoms with van der Waals surface area (Å²) in [5.41, 5.74) is 2.10. The van der Waals surface area contributed by atoms with Crippen molar-refractivity contribution in [2.45, 2.75) is 66.7 Å². The van der Waals surface area contributed by atoms with Crippen LogP contribution in [0.5, 0.6) is 17.2 Å². The molecule has 2 N–H and O–H groups in total. The fourth-order valence-corrected chi connectivity index (χ4v) is 5.62. The van der Waals surface area contributed by atoms with Crippen molar-refractivity contribution in [2.24, 2.45) is 22.7 Å². The summed E-state index contributed by atoms with van der Waals surface area (Å²) in [4.78, 5) is 11.6. The lowest BCUT2D eigenvalue weighted by atomic mass is 9.47. The first-order chi connectivity index (χ1) is 12.6. The van der Waals surface area contributed by atoms with Crippen LogP contribution in [-0.4, -0.2) is 16.2 Å². The molecular weight excluding hydrogens is 340 g/mol. The number of carbonyl (C=O) groups is 1. The van der Waals surface area contributed by atoms with Gasteiger partial charge in [0.2, 0.25) is 0 Å². The van der Waals surface area contributed by atoms with E-state index in [0.29, 0.717) is 23.8 Å². The summed E-state index contributed by atoms with van der Waals surface area (Å²) in [6, 6.07) is 2.86. The molecule has 4 atom stereocenters. The van der Waals surface area contributed by atoms with Crippen molar-refractivity contribution in [3.8, 4) is 17.2 Å². The summed E-state index contributed by atoms with van der Waals surface area (Å²) in [7, 11) is 0. The zero-order valence-corrected chi connectivity index (χ0v) is 17.1. The lowest BCUT2D eigenvalue weighted by molar-refractivity contribution is -0.132. The van der Waals surface area contributed by atoms with Gasteiger partial charge in [-0.15, -0.1) is 0 Å². The van der Waals surface area contributed by atoms with Crippen molar-refractivity contribution >= 4 is 5.97 Å². The highest BCUT2D eigenvalue weighted by atomic mass is 16.5. The molecule has 0 radical (unpaired) electrons. The molecule has 1 fully saturated rings. The van der Waals surface area contributed by atoms with Crippen molar-refractivity contribution in [3.63, 3.8) is 0 Å². The smallest absolute Gasteiger partial charge is 0.308 e. The molecule has 2 aliphatic carbocycles. The summed E-state index contributed by atoms with van der Waals surface area (Å²) >= 11 is 0. The number of phenolic OH excluding ortho intramolecular Hbond substituents is 2. The molecule has 0 saturated heterocycles. The maximum atomic E-state index is 11.6. The number of rotatable bonds is 3. The number of hydrogen-bond donors (Lipinski definition) is 2. The number of benzene rings is 1. The van der Waals surface area contributed by atoms with Crippen LogP contribution in [-0.2, 0) is 11.2 Å².